The molecule has 0 saturated carbocycles. The van der Waals surface area contributed by atoms with Crippen molar-refractivity contribution < 1.29 is 14.2 Å². The van der Waals surface area contributed by atoms with Crippen molar-refractivity contribution in [2.45, 2.75) is 31.5 Å². The molecule has 0 radical (unpaired) electrons. The van der Waals surface area contributed by atoms with Gasteiger partial charge in [0.1, 0.15) is 6.10 Å². The fourth-order valence-electron chi connectivity index (χ4n) is 1.94. The highest BCUT2D eigenvalue weighted by atomic mass is 16.7. The van der Waals surface area contributed by atoms with Crippen molar-refractivity contribution >= 4 is 0 Å². The molecular weight excluding hydrogens is 216 g/mol. The first-order chi connectivity index (χ1) is 8.33. The molecule has 1 heterocycles. The SMILES string of the molecule is C=C[C@H]1O[C@H](OC)C[C@@H]1OCc1ccccc1. The first-order valence-electron chi connectivity index (χ1n) is 5.80. The Bertz CT molecular complexity index is 350. The highest BCUT2D eigenvalue weighted by Crippen LogP contribution is 2.25. The minimum absolute atomic E-state index is 0.0256. The van der Waals surface area contributed by atoms with Gasteiger partial charge in [-0.2, -0.15) is 0 Å². The molecule has 92 valence electrons. The summed E-state index contributed by atoms with van der Waals surface area (Å²) in [5, 5.41) is 0. The van der Waals surface area contributed by atoms with Crippen LogP contribution >= 0.6 is 0 Å². The first-order valence-corrected chi connectivity index (χ1v) is 5.80. The van der Waals surface area contributed by atoms with Crippen LogP contribution in [-0.4, -0.2) is 25.6 Å². The molecule has 0 aliphatic carbocycles. The predicted molar refractivity (Wildman–Crippen MR) is 65.5 cm³/mol. The summed E-state index contributed by atoms with van der Waals surface area (Å²) < 4.78 is 16.6. The second-order valence-electron chi connectivity index (χ2n) is 4.07. The maximum absolute atomic E-state index is 5.85. The normalized spacial score (nSPS) is 28.2. The van der Waals surface area contributed by atoms with Crippen molar-refractivity contribution in [3.63, 3.8) is 0 Å². The highest BCUT2D eigenvalue weighted by Gasteiger charge is 2.34. The van der Waals surface area contributed by atoms with E-state index in [1.807, 2.05) is 30.3 Å². The van der Waals surface area contributed by atoms with Gasteiger partial charge in [0.15, 0.2) is 6.29 Å². The summed E-state index contributed by atoms with van der Waals surface area (Å²) >= 11 is 0. The molecule has 0 aromatic heterocycles. The molecule has 1 aromatic carbocycles. The summed E-state index contributed by atoms with van der Waals surface area (Å²) in [4.78, 5) is 0. The van der Waals surface area contributed by atoms with Gasteiger partial charge in [-0.3, -0.25) is 0 Å². The third-order valence-corrected chi connectivity index (χ3v) is 2.90. The predicted octanol–water partition coefficient (Wildman–Crippen LogP) is 2.52. The van der Waals surface area contributed by atoms with Crippen LogP contribution in [0, 0.1) is 0 Å². The van der Waals surface area contributed by atoms with E-state index in [-0.39, 0.29) is 18.5 Å². The minimum atomic E-state index is -0.182. The van der Waals surface area contributed by atoms with Crippen LogP contribution in [0.25, 0.3) is 0 Å². The minimum Gasteiger partial charge on any atom is -0.370 e. The van der Waals surface area contributed by atoms with Crippen LogP contribution in [0.1, 0.15) is 12.0 Å². The van der Waals surface area contributed by atoms with E-state index in [0.29, 0.717) is 6.61 Å². The van der Waals surface area contributed by atoms with Crippen LogP contribution in [0.5, 0.6) is 0 Å². The summed E-state index contributed by atoms with van der Waals surface area (Å²) in [6, 6.07) is 10.1. The fraction of sp³-hybridized carbons (Fsp3) is 0.429. The van der Waals surface area contributed by atoms with Crippen LogP contribution in [-0.2, 0) is 20.8 Å². The molecule has 1 saturated heterocycles. The van der Waals surface area contributed by atoms with E-state index in [0.717, 1.165) is 12.0 Å². The Balaban J connectivity index is 1.88. The first kappa shape index (κ1) is 12.3. The maximum Gasteiger partial charge on any atom is 0.160 e. The summed E-state index contributed by atoms with van der Waals surface area (Å²) in [6.07, 6.45) is 2.29. The molecule has 0 spiro atoms. The molecule has 1 fully saturated rings. The lowest BCUT2D eigenvalue weighted by molar-refractivity contribution is -0.107. The molecule has 3 atom stereocenters. The third-order valence-electron chi connectivity index (χ3n) is 2.90. The topological polar surface area (TPSA) is 27.7 Å². The molecule has 1 aliphatic rings. The molecule has 2 rings (SSSR count). The molecule has 0 unspecified atom stereocenters. The fourth-order valence-corrected chi connectivity index (χ4v) is 1.94. The van der Waals surface area contributed by atoms with Gasteiger partial charge >= 0.3 is 0 Å². The monoisotopic (exact) mass is 234 g/mol. The van der Waals surface area contributed by atoms with Crippen molar-refractivity contribution in [1.82, 2.24) is 0 Å². The van der Waals surface area contributed by atoms with Gasteiger partial charge in [-0.05, 0) is 5.56 Å². The molecule has 1 aromatic rings. The Morgan fingerprint density at radius 3 is 2.82 bits per heavy atom. The second kappa shape index (κ2) is 5.96. The number of ether oxygens (including phenoxy) is 3. The number of benzene rings is 1. The van der Waals surface area contributed by atoms with Gasteiger partial charge in [0.2, 0.25) is 0 Å². The van der Waals surface area contributed by atoms with E-state index in [1.54, 1.807) is 13.2 Å². The van der Waals surface area contributed by atoms with Gasteiger partial charge in [0.25, 0.3) is 0 Å². The summed E-state index contributed by atoms with van der Waals surface area (Å²) in [5.41, 5.74) is 1.16. The van der Waals surface area contributed by atoms with Crippen molar-refractivity contribution in [3.8, 4) is 0 Å². The Labute approximate surface area is 102 Å². The van der Waals surface area contributed by atoms with E-state index in [4.69, 9.17) is 14.2 Å². The van der Waals surface area contributed by atoms with Crippen molar-refractivity contribution in [3.05, 3.63) is 48.6 Å². The number of hydrogen-bond acceptors (Lipinski definition) is 3. The van der Waals surface area contributed by atoms with Crippen molar-refractivity contribution in [2.75, 3.05) is 7.11 Å². The zero-order valence-corrected chi connectivity index (χ0v) is 10.0. The van der Waals surface area contributed by atoms with Crippen LogP contribution in [0.4, 0.5) is 0 Å². The highest BCUT2D eigenvalue weighted by molar-refractivity contribution is 5.13. The molecule has 0 N–H and O–H groups in total. The van der Waals surface area contributed by atoms with Crippen molar-refractivity contribution in [2.24, 2.45) is 0 Å². The second-order valence-corrected chi connectivity index (χ2v) is 4.07. The van der Waals surface area contributed by atoms with Gasteiger partial charge in [0.05, 0.1) is 12.7 Å². The van der Waals surface area contributed by atoms with Crippen LogP contribution in [0.3, 0.4) is 0 Å². The smallest absolute Gasteiger partial charge is 0.160 e. The summed E-state index contributed by atoms with van der Waals surface area (Å²) in [6.45, 7) is 4.35. The maximum atomic E-state index is 5.85. The van der Waals surface area contributed by atoms with E-state index in [2.05, 4.69) is 6.58 Å². The zero-order valence-electron chi connectivity index (χ0n) is 10.0. The molecule has 17 heavy (non-hydrogen) atoms. The summed E-state index contributed by atoms with van der Waals surface area (Å²) in [7, 11) is 1.64. The molecule has 1 aliphatic heterocycles. The number of rotatable bonds is 5. The Morgan fingerprint density at radius 1 is 1.41 bits per heavy atom. The third kappa shape index (κ3) is 3.16. The van der Waals surface area contributed by atoms with E-state index >= 15 is 0 Å². The van der Waals surface area contributed by atoms with Crippen LogP contribution in [0.2, 0.25) is 0 Å². The van der Waals surface area contributed by atoms with E-state index in [1.165, 1.54) is 0 Å². The van der Waals surface area contributed by atoms with Crippen molar-refractivity contribution in [1.29, 1.82) is 0 Å². The Hall–Kier alpha value is -1.16. The van der Waals surface area contributed by atoms with E-state index < -0.39 is 0 Å². The van der Waals surface area contributed by atoms with E-state index in [9.17, 15) is 0 Å². The van der Waals surface area contributed by atoms with Crippen LogP contribution in [0.15, 0.2) is 43.0 Å². The molecular formula is C14H18O3. The lowest BCUT2D eigenvalue weighted by Crippen LogP contribution is -2.21. The molecule has 3 nitrogen and oxygen atoms in total. The summed E-state index contributed by atoms with van der Waals surface area (Å²) in [5.74, 6) is 0. The average molecular weight is 234 g/mol. The number of hydrogen-bond donors (Lipinski definition) is 0. The Kier molecular flexibility index (Phi) is 4.31. The lowest BCUT2D eigenvalue weighted by Gasteiger charge is -2.15. The van der Waals surface area contributed by atoms with Crippen LogP contribution < -0.4 is 0 Å². The largest absolute Gasteiger partial charge is 0.370 e. The molecule has 0 bridgehead atoms. The zero-order chi connectivity index (χ0) is 12.1. The molecule has 0 amide bonds. The average Bonchev–Trinajstić information content (AvgIpc) is 2.80. The van der Waals surface area contributed by atoms with Gasteiger partial charge in [-0.1, -0.05) is 36.4 Å². The Morgan fingerprint density at radius 2 is 2.18 bits per heavy atom. The molecule has 3 heteroatoms. The lowest BCUT2D eigenvalue weighted by atomic mass is 10.2. The van der Waals surface area contributed by atoms with Gasteiger partial charge in [-0.25, -0.2) is 0 Å². The van der Waals surface area contributed by atoms with Gasteiger partial charge in [0, 0.05) is 13.5 Å². The quantitative estimate of drug-likeness (QED) is 0.733. The van der Waals surface area contributed by atoms with Gasteiger partial charge < -0.3 is 14.2 Å². The standard InChI is InChI=1S/C14H18O3/c1-3-12-13(9-14(15-2)17-12)16-10-11-7-5-4-6-8-11/h3-8,12-14H,1,9-10H2,2H3/t12-,13+,14+/m1/s1. The van der Waals surface area contributed by atoms with Gasteiger partial charge in [-0.15, -0.1) is 6.58 Å². The number of methoxy groups -OCH3 is 1.